The lowest BCUT2D eigenvalue weighted by atomic mass is 10.1. The Morgan fingerprint density at radius 1 is 1.50 bits per heavy atom. The van der Waals surface area contributed by atoms with Crippen molar-refractivity contribution in [3.05, 3.63) is 39.4 Å². The molecule has 16 heavy (non-hydrogen) atoms. The first-order valence-electron chi connectivity index (χ1n) is 4.84. The van der Waals surface area contributed by atoms with Crippen molar-refractivity contribution in [3.63, 3.8) is 0 Å². The van der Waals surface area contributed by atoms with Crippen LogP contribution in [0.1, 0.15) is 11.1 Å². The Balaban J connectivity index is 2.93. The Morgan fingerprint density at radius 3 is 2.75 bits per heavy atom. The fourth-order valence-electron chi connectivity index (χ4n) is 1.40. The second-order valence-electron chi connectivity index (χ2n) is 3.40. The summed E-state index contributed by atoms with van der Waals surface area (Å²) in [5, 5.41) is 10.7. The van der Waals surface area contributed by atoms with Gasteiger partial charge in [0.15, 0.2) is 0 Å². The van der Waals surface area contributed by atoms with Gasteiger partial charge < -0.3 is 5.73 Å². The number of nitro benzene ring substituents is 1. The average Bonchev–Trinajstić information content (AvgIpc) is 2.21. The Bertz CT molecular complexity index is 421. The third kappa shape index (κ3) is 3.11. The van der Waals surface area contributed by atoms with Crippen LogP contribution in [0.15, 0.2) is 18.2 Å². The van der Waals surface area contributed by atoms with Crippen molar-refractivity contribution in [3.8, 4) is 0 Å². The molecule has 0 aromatic heterocycles. The summed E-state index contributed by atoms with van der Waals surface area (Å²) in [4.78, 5) is 10.3. The van der Waals surface area contributed by atoms with Gasteiger partial charge in [-0.25, -0.2) is 0 Å². The molecule has 0 heterocycles. The summed E-state index contributed by atoms with van der Waals surface area (Å²) in [5.74, 6) is 0.743. The summed E-state index contributed by atoms with van der Waals surface area (Å²) in [6.07, 6.45) is 0. The molecule has 1 rings (SSSR count). The highest BCUT2D eigenvalue weighted by Crippen LogP contribution is 2.21. The molecule has 0 saturated carbocycles. The van der Waals surface area contributed by atoms with Crippen molar-refractivity contribution in [2.45, 2.75) is 12.7 Å². The first-order chi connectivity index (χ1) is 7.56. The molecule has 2 N–H and O–H groups in total. The fraction of sp³-hybridized carbons (Fsp3) is 0.400. The number of hydrogen-bond donors (Lipinski definition) is 1. The monoisotopic (exact) mass is 242 g/mol. The number of nitrogens with two attached hydrogens (primary N) is 1. The molecule has 1 aromatic rings. The zero-order valence-electron chi connectivity index (χ0n) is 9.01. The number of nitro groups is 1. The molecule has 0 aliphatic carbocycles. The Kier molecular flexibility index (Phi) is 4.57. The normalized spacial score (nSPS) is 12.4. The maximum absolute atomic E-state index is 11.5. The van der Waals surface area contributed by atoms with Gasteiger partial charge in [0.1, 0.15) is 0 Å². The summed E-state index contributed by atoms with van der Waals surface area (Å²) in [5.41, 5.74) is 6.70. The summed E-state index contributed by atoms with van der Waals surface area (Å²) >= 11 is 0. The zero-order chi connectivity index (χ0) is 12.1. The summed E-state index contributed by atoms with van der Waals surface area (Å²) in [7, 11) is -1.05. The van der Waals surface area contributed by atoms with E-state index in [4.69, 9.17) is 5.73 Å². The van der Waals surface area contributed by atoms with E-state index in [0.29, 0.717) is 23.6 Å². The smallest absolute Gasteiger partial charge is 0.272 e. The van der Waals surface area contributed by atoms with Crippen molar-refractivity contribution in [1.82, 2.24) is 0 Å². The van der Waals surface area contributed by atoms with Gasteiger partial charge in [-0.3, -0.25) is 14.3 Å². The fourth-order valence-corrected chi connectivity index (χ4v) is 2.47. The van der Waals surface area contributed by atoms with Gasteiger partial charge in [0, 0.05) is 40.5 Å². The lowest BCUT2D eigenvalue weighted by Crippen LogP contribution is -2.12. The lowest BCUT2D eigenvalue weighted by Gasteiger charge is -2.05. The predicted octanol–water partition coefficient (Wildman–Crippen LogP) is 1.11. The van der Waals surface area contributed by atoms with E-state index in [1.807, 2.05) is 0 Å². The van der Waals surface area contributed by atoms with Crippen LogP contribution in [-0.2, 0) is 16.6 Å². The van der Waals surface area contributed by atoms with Gasteiger partial charge in [0.05, 0.1) is 4.92 Å². The highest BCUT2D eigenvalue weighted by Gasteiger charge is 2.14. The predicted molar refractivity (Wildman–Crippen MR) is 63.6 cm³/mol. The molecule has 6 heteroatoms. The first-order valence-corrected chi connectivity index (χ1v) is 6.33. The van der Waals surface area contributed by atoms with Crippen LogP contribution < -0.4 is 5.73 Å². The molecule has 1 unspecified atom stereocenters. The Hall–Kier alpha value is -1.27. The molecular formula is C10H14N2O3S. The van der Waals surface area contributed by atoms with E-state index in [-0.39, 0.29) is 5.69 Å². The molecule has 0 aliphatic rings. The van der Waals surface area contributed by atoms with Crippen molar-refractivity contribution < 1.29 is 9.13 Å². The number of hydrogen-bond acceptors (Lipinski definition) is 4. The SMILES string of the molecule is Cc1c(CS(=O)CCN)cccc1[N+](=O)[O-]. The van der Waals surface area contributed by atoms with Crippen molar-refractivity contribution in [1.29, 1.82) is 0 Å². The van der Waals surface area contributed by atoms with Crippen LogP contribution in [0.25, 0.3) is 0 Å². The van der Waals surface area contributed by atoms with E-state index in [1.54, 1.807) is 19.1 Å². The summed E-state index contributed by atoms with van der Waals surface area (Å²) in [6, 6.07) is 4.82. The summed E-state index contributed by atoms with van der Waals surface area (Å²) < 4.78 is 11.5. The molecule has 0 amide bonds. The van der Waals surface area contributed by atoms with Gasteiger partial charge in [-0.1, -0.05) is 12.1 Å². The third-order valence-electron chi connectivity index (χ3n) is 2.28. The van der Waals surface area contributed by atoms with Crippen LogP contribution in [0.2, 0.25) is 0 Å². The number of nitrogens with zero attached hydrogens (tertiary/aromatic N) is 1. The van der Waals surface area contributed by atoms with Gasteiger partial charge in [-0.15, -0.1) is 0 Å². The maximum atomic E-state index is 11.5. The van der Waals surface area contributed by atoms with E-state index in [0.717, 1.165) is 5.56 Å². The first kappa shape index (κ1) is 12.8. The molecule has 0 radical (unpaired) electrons. The largest absolute Gasteiger partial charge is 0.330 e. The topological polar surface area (TPSA) is 86.2 Å². The van der Waals surface area contributed by atoms with E-state index < -0.39 is 15.7 Å². The lowest BCUT2D eigenvalue weighted by molar-refractivity contribution is -0.385. The molecule has 1 aromatic carbocycles. The van der Waals surface area contributed by atoms with Crippen molar-refractivity contribution >= 4 is 16.5 Å². The van der Waals surface area contributed by atoms with Crippen LogP contribution in [0, 0.1) is 17.0 Å². The molecule has 0 fully saturated rings. The number of rotatable bonds is 5. The van der Waals surface area contributed by atoms with Crippen molar-refractivity contribution in [2.75, 3.05) is 12.3 Å². The third-order valence-corrected chi connectivity index (χ3v) is 3.60. The molecular weight excluding hydrogens is 228 g/mol. The number of benzene rings is 1. The van der Waals surface area contributed by atoms with E-state index in [2.05, 4.69) is 0 Å². The molecule has 1 atom stereocenters. The minimum absolute atomic E-state index is 0.0715. The van der Waals surface area contributed by atoms with Crippen LogP contribution in [-0.4, -0.2) is 21.4 Å². The molecule has 88 valence electrons. The van der Waals surface area contributed by atoms with Gasteiger partial charge in [-0.2, -0.15) is 0 Å². The molecule has 0 spiro atoms. The molecule has 0 saturated heterocycles. The maximum Gasteiger partial charge on any atom is 0.272 e. The van der Waals surface area contributed by atoms with Gasteiger partial charge >= 0.3 is 0 Å². The van der Waals surface area contributed by atoms with E-state index in [1.165, 1.54) is 6.07 Å². The second-order valence-corrected chi connectivity index (χ2v) is 4.97. The minimum Gasteiger partial charge on any atom is -0.330 e. The highest BCUT2D eigenvalue weighted by molar-refractivity contribution is 7.84. The average molecular weight is 242 g/mol. The van der Waals surface area contributed by atoms with Crippen LogP contribution >= 0.6 is 0 Å². The van der Waals surface area contributed by atoms with Gasteiger partial charge in [-0.05, 0) is 12.5 Å². The quantitative estimate of drug-likeness (QED) is 0.619. The second kappa shape index (κ2) is 5.72. The van der Waals surface area contributed by atoms with Gasteiger partial charge in [0.2, 0.25) is 0 Å². The molecule has 0 aliphatic heterocycles. The summed E-state index contributed by atoms with van der Waals surface area (Å²) in [6.45, 7) is 2.04. The van der Waals surface area contributed by atoms with Crippen LogP contribution in [0.5, 0.6) is 0 Å². The van der Waals surface area contributed by atoms with Crippen LogP contribution in [0.3, 0.4) is 0 Å². The van der Waals surface area contributed by atoms with E-state index >= 15 is 0 Å². The molecule has 5 nitrogen and oxygen atoms in total. The minimum atomic E-state index is -1.05. The highest BCUT2D eigenvalue weighted by atomic mass is 32.2. The Morgan fingerprint density at radius 2 is 2.19 bits per heavy atom. The molecule has 0 bridgehead atoms. The van der Waals surface area contributed by atoms with Crippen molar-refractivity contribution in [2.24, 2.45) is 5.73 Å². The van der Waals surface area contributed by atoms with Crippen LogP contribution in [0.4, 0.5) is 5.69 Å². The van der Waals surface area contributed by atoms with E-state index in [9.17, 15) is 14.3 Å². The zero-order valence-corrected chi connectivity index (χ0v) is 9.83. The standard InChI is InChI=1S/C10H14N2O3S/c1-8-9(7-16(15)6-5-11)3-2-4-10(8)12(13)14/h2-4H,5-7,11H2,1H3. The Labute approximate surface area is 96.3 Å². The van der Waals surface area contributed by atoms with Gasteiger partial charge in [0.25, 0.3) is 5.69 Å².